The number of anilines is 1. The number of hydrogen-bond acceptors (Lipinski definition) is 1. The maximum Gasteiger partial charge on any atom is 0.416 e. The number of benzene rings is 1. The van der Waals surface area contributed by atoms with Crippen LogP contribution in [0.25, 0.3) is 0 Å². The maximum atomic E-state index is 12.5. The Morgan fingerprint density at radius 1 is 0.947 bits per heavy atom. The van der Waals surface area contributed by atoms with Crippen LogP contribution < -0.4 is 10.6 Å². The number of halogens is 6. The van der Waals surface area contributed by atoms with Crippen molar-refractivity contribution in [1.82, 2.24) is 5.32 Å². The molecule has 0 aliphatic carbocycles. The van der Waals surface area contributed by atoms with Gasteiger partial charge in [-0.3, -0.25) is 0 Å². The van der Waals surface area contributed by atoms with Gasteiger partial charge in [-0.1, -0.05) is 0 Å². The van der Waals surface area contributed by atoms with Crippen molar-refractivity contribution in [2.45, 2.75) is 12.4 Å². The lowest BCUT2D eigenvalue weighted by Crippen LogP contribution is -2.24. The summed E-state index contributed by atoms with van der Waals surface area (Å²) in [5.41, 5.74) is -3.19. The van der Waals surface area contributed by atoms with Gasteiger partial charge in [-0.05, 0) is 30.4 Å². The molecular weight excluding hydrogens is 294 g/mol. The van der Waals surface area contributed by atoms with Gasteiger partial charge >= 0.3 is 12.4 Å². The molecule has 0 radical (unpaired) electrons. The molecule has 1 aromatic rings. The van der Waals surface area contributed by atoms with E-state index in [1.54, 1.807) is 0 Å². The van der Waals surface area contributed by atoms with Gasteiger partial charge in [-0.2, -0.15) is 26.3 Å². The Morgan fingerprint density at radius 2 is 1.37 bits per heavy atom. The third-order valence-electron chi connectivity index (χ3n) is 2.07. The molecule has 0 saturated heterocycles. The topological polar surface area (TPSA) is 24.1 Å². The lowest BCUT2D eigenvalue weighted by atomic mass is 10.1. The lowest BCUT2D eigenvalue weighted by Gasteiger charge is -2.15. The van der Waals surface area contributed by atoms with E-state index < -0.39 is 23.5 Å². The molecule has 0 heterocycles. The van der Waals surface area contributed by atoms with Gasteiger partial charge in [0.15, 0.2) is 5.11 Å². The molecule has 0 amide bonds. The van der Waals surface area contributed by atoms with E-state index in [-0.39, 0.29) is 16.9 Å². The zero-order valence-electron chi connectivity index (χ0n) is 9.41. The van der Waals surface area contributed by atoms with Gasteiger partial charge < -0.3 is 10.6 Å². The molecule has 2 nitrogen and oxygen atoms in total. The fraction of sp³-hybridized carbons (Fsp3) is 0.300. The number of hydrogen-bond donors (Lipinski definition) is 2. The zero-order chi connectivity index (χ0) is 14.8. The largest absolute Gasteiger partial charge is 0.416 e. The summed E-state index contributed by atoms with van der Waals surface area (Å²) in [7, 11) is 1.38. The molecular formula is C10H8F6N2S. The standard InChI is InChI=1S/C10H8F6N2S/c1-17-8(19)18-7-3-5(9(11,12)13)2-6(4-7)10(14,15)16/h2-4H,1H3,(H2,17,18,19). The predicted molar refractivity (Wildman–Crippen MR) is 61.7 cm³/mol. The van der Waals surface area contributed by atoms with Gasteiger partial charge in [0.2, 0.25) is 0 Å². The predicted octanol–water partition coefficient (Wildman–Crippen LogP) is 3.64. The molecule has 0 spiro atoms. The van der Waals surface area contributed by atoms with Crippen LogP contribution in [0.5, 0.6) is 0 Å². The highest BCUT2D eigenvalue weighted by atomic mass is 32.1. The second-order valence-electron chi connectivity index (χ2n) is 3.50. The molecule has 0 aliphatic heterocycles. The summed E-state index contributed by atoms with van der Waals surface area (Å²) in [4.78, 5) is 0. The first-order valence-corrected chi connectivity index (χ1v) is 5.23. The fourth-order valence-corrected chi connectivity index (χ4v) is 1.34. The Kier molecular flexibility index (Phi) is 4.28. The Balaban J connectivity index is 3.29. The second kappa shape index (κ2) is 5.24. The summed E-state index contributed by atoms with van der Waals surface area (Å²) in [6.07, 6.45) is -9.75. The van der Waals surface area contributed by atoms with E-state index in [0.717, 1.165) is 0 Å². The zero-order valence-corrected chi connectivity index (χ0v) is 10.2. The molecule has 19 heavy (non-hydrogen) atoms. The van der Waals surface area contributed by atoms with Crippen LogP contribution in [0.2, 0.25) is 0 Å². The van der Waals surface area contributed by atoms with E-state index in [4.69, 9.17) is 0 Å². The van der Waals surface area contributed by atoms with Crippen molar-refractivity contribution in [1.29, 1.82) is 0 Å². The van der Waals surface area contributed by atoms with Crippen molar-refractivity contribution in [3.05, 3.63) is 29.3 Å². The first kappa shape index (κ1) is 15.5. The van der Waals surface area contributed by atoms with Crippen LogP contribution in [-0.2, 0) is 12.4 Å². The first-order valence-electron chi connectivity index (χ1n) is 4.82. The molecule has 9 heteroatoms. The maximum absolute atomic E-state index is 12.5. The summed E-state index contributed by atoms with van der Waals surface area (Å²) in [6, 6.07) is 1.16. The first-order chi connectivity index (χ1) is 8.54. The fourth-order valence-electron chi connectivity index (χ4n) is 1.22. The molecule has 106 valence electrons. The third kappa shape index (κ3) is 4.27. The van der Waals surface area contributed by atoms with Crippen LogP contribution in [0.15, 0.2) is 18.2 Å². The summed E-state index contributed by atoms with van der Waals surface area (Å²) >= 11 is 4.63. The van der Waals surface area contributed by atoms with Crippen molar-refractivity contribution in [3.63, 3.8) is 0 Å². The van der Waals surface area contributed by atoms with E-state index >= 15 is 0 Å². The van der Waals surface area contributed by atoms with Gasteiger partial charge in [0.25, 0.3) is 0 Å². The number of thiocarbonyl (C=S) groups is 1. The molecule has 0 fully saturated rings. The SMILES string of the molecule is CNC(=S)Nc1cc(C(F)(F)F)cc(C(F)(F)F)c1. The van der Waals surface area contributed by atoms with E-state index in [2.05, 4.69) is 22.9 Å². The van der Waals surface area contributed by atoms with Crippen LogP contribution in [0.3, 0.4) is 0 Å². The molecule has 0 bridgehead atoms. The summed E-state index contributed by atoms with van der Waals surface area (Å²) < 4.78 is 75.1. The molecule has 0 aromatic heterocycles. The highest BCUT2D eigenvalue weighted by molar-refractivity contribution is 7.80. The Hall–Kier alpha value is -1.51. The molecule has 0 saturated carbocycles. The molecule has 0 atom stereocenters. The number of rotatable bonds is 1. The summed E-state index contributed by atoms with van der Waals surface area (Å²) in [6.45, 7) is 0. The summed E-state index contributed by atoms with van der Waals surface area (Å²) in [5.74, 6) is 0. The molecule has 0 unspecified atom stereocenters. The smallest absolute Gasteiger partial charge is 0.366 e. The highest BCUT2D eigenvalue weighted by Crippen LogP contribution is 2.37. The minimum absolute atomic E-state index is 0.0492. The van der Waals surface area contributed by atoms with E-state index in [9.17, 15) is 26.3 Å². The quantitative estimate of drug-likeness (QED) is 0.612. The average Bonchev–Trinajstić information content (AvgIpc) is 2.26. The van der Waals surface area contributed by atoms with E-state index in [0.29, 0.717) is 12.1 Å². The van der Waals surface area contributed by atoms with Gasteiger partial charge in [0.1, 0.15) is 0 Å². The van der Waals surface area contributed by atoms with Gasteiger partial charge in [0.05, 0.1) is 11.1 Å². The van der Waals surface area contributed by atoms with Crippen LogP contribution in [0.1, 0.15) is 11.1 Å². The molecule has 1 rings (SSSR count). The van der Waals surface area contributed by atoms with E-state index in [1.807, 2.05) is 0 Å². The van der Waals surface area contributed by atoms with Crippen molar-refractivity contribution >= 4 is 23.0 Å². The van der Waals surface area contributed by atoms with Gasteiger partial charge in [-0.25, -0.2) is 0 Å². The molecule has 0 aliphatic rings. The van der Waals surface area contributed by atoms with Crippen molar-refractivity contribution in [2.24, 2.45) is 0 Å². The number of alkyl halides is 6. The minimum Gasteiger partial charge on any atom is -0.366 e. The Labute approximate surface area is 109 Å². The van der Waals surface area contributed by atoms with Crippen LogP contribution in [-0.4, -0.2) is 12.2 Å². The highest BCUT2D eigenvalue weighted by Gasteiger charge is 2.36. The van der Waals surface area contributed by atoms with E-state index in [1.165, 1.54) is 7.05 Å². The van der Waals surface area contributed by atoms with Crippen LogP contribution in [0, 0.1) is 0 Å². The average molecular weight is 302 g/mol. The van der Waals surface area contributed by atoms with Crippen molar-refractivity contribution in [2.75, 3.05) is 12.4 Å². The van der Waals surface area contributed by atoms with Crippen LogP contribution in [0.4, 0.5) is 32.0 Å². The monoisotopic (exact) mass is 302 g/mol. The summed E-state index contributed by atoms with van der Waals surface area (Å²) in [5, 5.41) is 4.53. The lowest BCUT2D eigenvalue weighted by molar-refractivity contribution is -0.143. The number of nitrogens with one attached hydrogen (secondary N) is 2. The molecule has 1 aromatic carbocycles. The van der Waals surface area contributed by atoms with Crippen molar-refractivity contribution in [3.8, 4) is 0 Å². The third-order valence-corrected chi connectivity index (χ3v) is 2.38. The Bertz CT molecular complexity index is 448. The Morgan fingerprint density at radius 3 is 1.68 bits per heavy atom. The molecule has 2 N–H and O–H groups in total. The van der Waals surface area contributed by atoms with Crippen LogP contribution >= 0.6 is 12.2 Å². The minimum atomic E-state index is -4.88. The van der Waals surface area contributed by atoms with Gasteiger partial charge in [0, 0.05) is 12.7 Å². The normalized spacial score (nSPS) is 12.2. The second-order valence-corrected chi connectivity index (χ2v) is 3.91. The van der Waals surface area contributed by atoms with Gasteiger partial charge in [-0.15, -0.1) is 0 Å². The van der Waals surface area contributed by atoms with Crippen molar-refractivity contribution < 1.29 is 26.3 Å².